The highest BCUT2D eigenvalue weighted by Gasteiger charge is 2.36. The first-order valence-electron chi connectivity index (χ1n) is 11.1. The number of hydrogen-bond donors (Lipinski definition) is 0. The molecule has 3 rings (SSSR count). The highest BCUT2D eigenvalue weighted by molar-refractivity contribution is 7.87. The van der Waals surface area contributed by atoms with Gasteiger partial charge in [-0.15, -0.1) is 0 Å². The molecule has 0 unspecified atom stereocenters. The Morgan fingerprint density at radius 3 is 1.55 bits per heavy atom. The van der Waals surface area contributed by atoms with E-state index in [0.717, 1.165) is 19.7 Å². The van der Waals surface area contributed by atoms with Crippen molar-refractivity contribution < 1.29 is 55.3 Å². The van der Waals surface area contributed by atoms with Crippen LogP contribution in [0.25, 0.3) is 0 Å². The predicted octanol–water partition coefficient (Wildman–Crippen LogP) is 3.85. The van der Waals surface area contributed by atoms with Crippen LogP contribution in [-0.2, 0) is 44.4 Å². The van der Waals surface area contributed by atoms with Crippen molar-refractivity contribution in [3.05, 3.63) is 84.4 Å². The van der Waals surface area contributed by atoms with Gasteiger partial charge in [0.15, 0.2) is 10.1 Å². The largest absolute Gasteiger partial charge is 0.741 e. The Kier molecular flexibility index (Phi) is 17.4. The zero-order chi connectivity index (χ0) is 33.4. The number of aryl methyl sites for hydroxylation is 2. The second-order valence-electron chi connectivity index (χ2n) is 7.40. The summed E-state index contributed by atoms with van der Waals surface area (Å²) in [4.78, 5) is 0. The lowest BCUT2D eigenvalue weighted by molar-refractivity contribution is -0.676. The number of hydrogen-bond acceptors (Lipinski definition) is 8. The average molecular weight is 665 g/mol. The van der Waals surface area contributed by atoms with Crippen molar-refractivity contribution in [2.45, 2.75) is 32.7 Å². The molecule has 1 heterocycles. The first kappa shape index (κ1) is 40.5. The second-order valence-corrected chi connectivity index (χ2v) is 11.4. The molecule has 0 aliphatic carbocycles. The second kappa shape index (κ2) is 18.0. The summed E-state index contributed by atoms with van der Waals surface area (Å²) in [5.74, 6) is 0.326. The molecule has 2 aromatic carbocycles. The van der Waals surface area contributed by atoms with Crippen LogP contribution in [0.5, 0.6) is 0 Å². The number of alkyl halides is 3. The van der Waals surface area contributed by atoms with Gasteiger partial charge in [-0.3, -0.25) is 0 Å². The van der Waals surface area contributed by atoms with E-state index in [1.807, 2.05) is 6.07 Å². The highest BCUT2D eigenvalue weighted by atomic mass is 32.3. The number of anilines is 1. The molecule has 0 aliphatic heterocycles. The number of benzene rings is 2. The maximum Gasteiger partial charge on any atom is 0.485 e. The fraction of sp³-hybridized carbons (Fsp3) is 0.304. The van der Waals surface area contributed by atoms with Crippen LogP contribution in [0.15, 0.2) is 73.1 Å². The summed E-state index contributed by atoms with van der Waals surface area (Å²) in [6, 6.07) is 20.2. The summed E-state index contributed by atoms with van der Waals surface area (Å²) in [5.41, 5.74) is -3.93. The summed E-state index contributed by atoms with van der Waals surface area (Å²) in [5, 5.41) is 7.32. The molecule has 19 heteroatoms. The lowest BCUT2D eigenvalue weighted by Gasteiger charge is -2.12. The van der Waals surface area contributed by atoms with Gasteiger partial charge in [0.25, 0.3) is 5.82 Å². The van der Waals surface area contributed by atoms with Gasteiger partial charge < -0.3 is 4.55 Å². The zero-order valence-corrected chi connectivity index (χ0v) is 25.3. The van der Waals surface area contributed by atoms with E-state index in [-0.39, 0.29) is 0 Å². The van der Waals surface area contributed by atoms with Crippen molar-refractivity contribution in [2.75, 3.05) is 11.4 Å². The number of imidazole rings is 1. The molecule has 0 N–H and O–H groups in total. The third-order valence-electron chi connectivity index (χ3n) is 4.47. The topological polar surface area (TPSA) is 161 Å². The number of aromatic nitrogens is 2. The van der Waals surface area contributed by atoms with E-state index in [1.54, 1.807) is 31.3 Å². The summed E-state index contributed by atoms with van der Waals surface area (Å²) in [6.07, 6.45) is 3.76. The fourth-order valence-electron chi connectivity index (χ4n) is 2.24. The molecule has 236 valence electrons. The third-order valence-corrected chi connectivity index (χ3v) is 6.76. The Morgan fingerprint density at radius 2 is 1.33 bits per heavy atom. The molecule has 0 fully saturated rings. The van der Waals surface area contributed by atoms with Gasteiger partial charge in [-0.1, -0.05) is 67.2 Å². The number of halogens is 5. The van der Waals surface area contributed by atoms with E-state index in [2.05, 4.69) is 31.2 Å². The van der Waals surface area contributed by atoms with Gasteiger partial charge in [0.2, 0.25) is 0 Å². The normalized spacial score (nSPS) is 10.9. The Bertz CT molecular complexity index is 1580. The minimum absolute atomic E-state index is 0.306. The highest BCUT2D eigenvalue weighted by Crippen LogP contribution is 2.20. The van der Waals surface area contributed by atoms with Gasteiger partial charge in [0.05, 0.1) is 18.8 Å². The van der Waals surface area contributed by atoms with Crippen LogP contribution in [0.2, 0.25) is 0 Å². The van der Waals surface area contributed by atoms with E-state index in [0.29, 0.717) is 19.8 Å². The van der Waals surface area contributed by atoms with Gasteiger partial charge in [-0.05, 0) is 24.1 Å². The summed E-state index contributed by atoms with van der Waals surface area (Å²) < 4.78 is 128. The van der Waals surface area contributed by atoms with Gasteiger partial charge in [-0.2, -0.15) is 35.3 Å². The zero-order valence-electron chi connectivity index (χ0n) is 22.9. The quantitative estimate of drug-likeness (QED) is 0.134. The van der Waals surface area contributed by atoms with Gasteiger partial charge >= 0.3 is 26.3 Å². The van der Waals surface area contributed by atoms with Crippen LogP contribution in [0.4, 0.5) is 26.6 Å². The van der Waals surface area contributed by atoms with Crippen LogP contribution < -0.4 is 8.87 Å². The summed E-state index contributed by atoms with van der Waals surface area (Å²) in [6.45, 7) is 5.10. The molecule has 0 saturated heterocycles. The van der Waals surface area contributed by atoms with Crippen molar-refractivity contribution in [2.24, 2.45) is 7.05 Å². The number of para-hydroxylation sites is 1. The van der Waals surface area contributed by atoms with Crippen molar-refractivity contribution in [3.63, 3.8) is 0 Å². The fourth-order valence-corrected chi connectivity index (χ4v) is 3.26. The molecule has 3 aromatic rings. The smallest absolute Gasteiger partial charge is 0.485 e. The SMILES string of the molecule is CC#N.CCc1ccccc1.CN(c1ccccc1)S(=O)(=O)F.Cc1n(S(=O)(=O)F)cc[n+]1C.O=S(=O)([O-])C(F)(F)F. The van der Waals surface area contributed by atoms with Crippen LogP contribution in [0.3, 0.4) is 0 Å². The van der Waals surface area contributed by atoms with Crippen molar-refractivity contribution in [1.82, 2.24) is 3.97 Å². The molecule has 11 nitrogen and oxygen atoms in total. The average Bonchev–Trinajstić information content (AvgIpc) is 3.23. The minimum Gasteiger partial charge on any atom is -0.741 e. The molecule has 0 saturated carbocycles. The first-order chi connectivity index (χ1) is 19.0. The Labute approximate surface area is 242 Å². The van der Waals surface area contributed by atoms with Crippen LogP contribution in [-0.4, -0.2) is 46.3 Å². The molecular weight excluding hydrogens is 635 g/mol. The van der Waals surface area contributed by atoms with E-state index in [1.165, 1.54) is 42.3 Å². The maximum absolute atomic E-state index is 12.4. The molecule has 42 heavy (non-hydrogen) atoms. The van der Waals surface area contributed by atoms with Crippen molar-refractivity contribution in [1.29, 1.82) is 5.26 Å². The lowest BCUT2D eigenvalue weighted by atomic mass is 10.2. The van der Waals surface area contributed by atoms with Crippen LogP contribution >= 0.6 is 0 Å². The Morgan fingerprint density at radius 1 is 0.952 bits per heavy atom. The molecule has 0 atom stereocenters. The number of nitriles is 1. The lowest BCUT2D eigenvalue weighted by Crippen LogP contribution is -2.30. The minimum atomic E-state index is -6.09. The standard InChI is InChI=1S/C8H10.C7H8FNO2S.C5H8FN2O2S.C2H3N.CHF3O3S/c1-2-8-6-4-3-5-7-8;1-9(12(8,10)11)7-5-3-2-4-6-7;1-5-7(2)3-4-8(5)11(6,9)10;1-2-3;2-1(3,4)8(5,6)7/h3-7H,2H2,1H3;2-6H,1H3;3-4H,1-2H3;1H3;(H,5,6,7)/q;;+1;;/p-1. The van der Waals surface area contributed by atoms with Gasteiger partial charge in [0, 0.05) is 20.9 Å². The summed E-state index contributed by atoms with van der Waals surface area (Å²) >= 11 is 0. The van der Waals surface area contributed by atoms with Crippen LogP contribution in [0, 0.1) is 18.3 Å². The van der Waals surface area contributed by atoms with E-state index in [9.17, 15) is 37.8 Å². The van der Waals surface area contributed by atoms with Crippen molar-refractivity contribution >= 4 is 36.6 Å². The molecular formula is C23H29F5N4O7S3. The third kappa shape index (κ3) is 16.6. The van der Waals surface area contributed by atoms with Crippen LogP contribution in [0.1, 0.15) is 25.2 Å². The maximum atomic E-state index is 12.4. The molecule has 0 aliphatic rings. The Balaban J connectivity index is 0. The van der Waals surface area contributed by atoms with E-state index >= 15 is 0 Å². The molecule has 1 aromatic heterocycles. The van der Waals surface area contributed by atoms with Crippen molar-refractivity contribution in [3.8, 4) is 6.07 Å². The van der Waals surface area contributed by atoms with E-state index in [4.69, 9.17) is 18.2 Å². The monoisotopic (exact) mass is 664 g/mol. The van der Waals surface area contributed by atoms with Gasteiger partial charge in [-0.25, -0.2) is 17.3 Å². The Hall–Kier alpha value is -3.60. The van der Waals surface area contributed by atoms with Gasteiger partial charge in [0.1, 0.15) is 12.4 Å². The molecule has 0 spiro atoms. The number of nitrogens with zero attached hydrogens (tertiary/aromatic N) is 4. The molecule has 0 radical (unpaired) electrons. The molecule has 0 amide bonds. The first-order valence-corrected chi connectivity index (χ1v) is 15.2. The van der Waals surface area contributed by atoms with E-state index < -0.39 is 36.4 Å². The predicted molar refractivity (Wildman–Crippen MR) is 144 cm³/mol. The molecule has 0 bridgehead atoms. The number of rotatable bonds is 4. The summed E-state index contributed by atoms with van der Waals surface area (Å²) in [7, 11) is -12.5.